The van der Waals surface area contributed by atoms with Crippen LogP contribution in [0.25, 0.3) is 0 Å². The highest BCUT2D eigenvalue weighted by Crippen LogP contribution is 2.28. The average Bonchev–Trinajstić information content (AvgIpc) is 2.99. The second kappa shape index (κ2) is 14.3. The Labute approximate surface area is 271 Å². The Kier molecular flexibility index (Phi) is 10.7. The summed E-state index contributed by atoms with van der Waals surface area (Å²) in [7, 11) is -4.17. The van der Waals surface area contributed by atoms with Gasteiger partial charge in [-0.05, 0) is 81.6 Å². The lowest BCUT2D eigenvalue weighted by atomic mass is 10.0. The molecule has 236 valence electrons. The van der Waals surface area contributed by atoms with Crippen molar-refractivity contribution in [1.29, 1.82) is 0 Å². The smallest absolute Gasteiger partial charge is 0.264 e. The molecule has 0 unspecified atom stereocenters. The van der Waals surface area contributed by atoms with Crippen molar-refractivity contribution in [2.75, 3.05) is 10.8 Å². The first-order chi connectivity index (χ1) is 21.2. The van der Waals surface area contributed by atoms with E-state index in [4.69, 9.17) is 11.6 Å². The van der Waals surface area contributed by atoms with Gasteiger partial charge in [0.25, 0.3) is 10.0 Å². The van der Waals surface area contributed by atoms with Gasteiger partial charge < -0.3 is 10.2 Å². The Morgan fingerprint density at radius 2 is 1.40 bits per heavy atom. The van der Waals surface area contributed by atoms with Crippen LogP contribution < -0.4 is 9.62 Å². The number of carbonyl (C=O) groups is 2. The van der Waals surface area contributed by atoms with Gasteiger partial charge in [0, 0.05) is 23.5 Å². The van der Waals surface area contributed by atoms with Gasteiger partial charge in [-0.3, -0.25) is 13.9 Å². The summed E-state index contributed by atoms with van der Waals surface area (Å²) < 4.78 is 29.5. The summed E-state index contributed by atoms with van der Waals surface area (Å²) in [5.74, 6) is -0.855. The third-order valence-corrected chi connectivity index (χ3v) is 9.33. The molecule has 4 rings (SSSR count). The fourth-order valence-electron chi connectivity index (χ4n) is 4.99. The Hall–Kier alpha value is -4.14. The molecule has 0 saturated carbocycles. The van der Waals surface area contributed by atoms with Crippen LogP contribution in [0.5, 0.6) is 0 Å². The highest BCUT2D eigenvalue weighted by Gasteiger charge is 2.36. The van der Waals surface area contributed by atoms with Crippen molar-refractivity contribution in [2.45, 2.75) is 64.1 Å². The highest BCUT2D eigenvalue weighted by molar-refractivity contribution is 7.92. The van der Waals surface area contributed by atoms with Gasteiger partial charge in [0.05, 0.1) is 10.6 Å². The third-order valence-electron chi connectivity index (χ3n) is 7.31. The second-order valence-corrected chi connectivity index (χ2v) is 14.5. The maximum absolute atomic E-state index is 14.6. The Balaban J connectivity index is 1.82. The largest absolute Gasteiger partial charge is 0.350 e. The maximum atomic E-state index is 14.6. The summed E-state index contributed by atoms with van der Waals surface area (Å²) >= 11 is 6.16. The number of halogens is 1. The molecule has 4 aromatic rings. The molecule has 1 atom stereocenters. The van der Waals surface area contributed by atoms with Crippen molar-refractivity contribution < 1.29 is 18.0 Å². The zero-order chi connectivity index (χ0) is 32.8. The number of benzene rings is 4. The van der Waals surface area contributed by atoms with Crippen LogP contribution in [-0.2, 0) is 32.6 Å². The first kappa shape index (κ1) is 33.7. The van der Waals surface area contributed by atoms with Gasteiger partial charge >= 0.3 is 0 Å². The average molecular weight is 646 g/mol. The van der Waals surface area contributed by atoms with E-state index in [1.807, 2.05) is 64.1 Å². The number of aryl methyl sites for hydroxylation is 2. The van der Waals surface area contributed by atoms with Crippen molar-refractivity contribution >= 4 is 39.1 Å². The number of hydrogen-bond donors (Lipinski definition) is 1. The number of anilines is 1. The Morgan fingerprint density at radius 1 is 0.800 bits per heavy atom. The summed E-state index contributed by atoms with van der Waals surface area (Å²) in [4.78, 5) is 30.1. The predicted octanol–water partition coefficient (Wildman–Crippen LogP) is 6.71. The number of nitrogens with one attached hydrogen (secondary N) is 1. The zero-order valence-corrected chi connectivity index (χ0v) is 27.9. The number of nitrogens with zero attached hydrogens (tertiary/aromatic N) is 2. The van der Waals surface area contributed by atoms with E-state index in [2.05, 4.69) is 5.32 Å². The van der Waals surface area contributed by atoms with Crippen molar-refractivity contribution in [2.24, 2.45) is 0 Å². The fraction of sp³-hybridized carbons (Fsp3) is 0.278. The molecule has 0 aliphatic carbocycles. The van der Waals surface area contributed by atoms with E-state index in [0.717, 1.165) is 21.0 Å². The van der Waals surface area contributed by atoms with Gasteiger partial charge in [-0.25, -0.2) is 8.42 Å². The molecule has 0 radical (unpaired) electrons. The molecule has 0 spiro atoms. The van der Waals surface area contributed by atoms with Crippen molar-refractivity contribution in [3.8, 4) is 0 Å². The molecule has 2 amide bonds. The van der Waals surface area contributed by atoms with Crippen molar-refractivity contribution in [3.05, 3.63) is 130 Å². The quantitative estimate of drug-likeness (QED) is 0.197. The van der Waals surface area contributed by atoms with Crippen LogP contribution in [0.1, 0.15) is 43.0 Å². The van der Waals surface area contributed by atoms with Gasteiger partial charge in [-0.15, -0.1) is 0 Å². The minimum atomic E-state index is -4.17. The van der Waals surface area contributed by atoms with Gasteiger partial charge in [0.2, 0.25) is 11.8 Å². The summed E-state index contributed by atoms with van der Waals surface area (Å²) in [6.07, 6.45) is 0.233. The Bertz CT molecular complexity index is 1720. The first-order valence-electron chi connectivity index (χ1n) is 14.8. The monoisotopic (exact) mass is 645 g/mol. The van der Waals surface area contributed by atoms with Crippen LogP contribution in [0.2, 0.25) is 5.02 Å². The lowest BCUT2D eigenvalue weighted by Gasteiger charge is -2.35. The first-order valence-corrected chi connectivity index (χ1v) is 16.6. The highest BCUT2D eigenvalue weighted by atomic mass is 35.5. The number of sulfonamides is 1. The van der Waals surface area contributed by atoms with E-state index in [1.165, 1.54) is 4.90 Å². The molecule has 9 heteroatoms. The van der Waals surface area contributed by atoms with Crippen LogP contribution in [0.4, 0.5) is 5.69 Å². The molecule has 0 saturated heterocycles. The Morgan fingerprint density at radius 3 is 2.00 bits per heavy atom. The normalized spacial score (nSPS) is 12.3. The van der Waals surface area contributed by atoms with Crippen LogP contribution >= 0.6 is 11.6 Å². The molecule has 0 bridgehead atoms. The molecule has 7 nitrogen and oxygen atoms in total. The zero-order valence-electron chi connectivity index (χ0n) is 26.3. The number of carbonyl (C=O) groups excluding carboxylic acids is 2. The van der Waals surface area contributed by atoms with E-state index >= 15 is 0 Å². The lowest BCUT2D eigenvalue weighted by Crippen LogP contribution is -2.56. The minimum Gasteiger partial charge on any atom is -0.350 e. The summed E-state index contributed by atoms with van der Waals surface area (Å²) in [5.41, 5.74) is 3.04. The maximum Gasteiger partial charge on any atom is 0.264 e. The van der Waals surface area contributed by atoms with Crippen LogP contribution in [-0.4, -0.2) is 43.3 Å². The van der Waals surface area contributed by atoms with Gasteiger partial charge in [-0.1, -0.05) is 90.0 Å². The van der Waals surface area contributed by atoms with E-state index < -0.39 is 34.1 Å². The van der Waals surface area contributed by atoms with E-state index in [1.54, 1.807) is 73.7 Å². The summed E-state index contributed by atoms with van der Waals surface area (Å²) in [5, 5.41) is 3.58. The van der Waals surface area contributed by atoms with E-state index in [9.17, 15) is 18.0 Å². The van der Waals surface area contributed by atoms with Crippen LogP contribution in [0, 0.1) is 13.8 Å². The molecular weight excluding hydrogens is 606 g/mol. The SMILES string of the molecule is Cc1ccc(S(=O)(=O)N(CC(=O)N(Cc2ccc(Cl)cc2)[C@H](Cc2ccccc2)C(=O)NC(C)(C)C)c2ccccc2C)cc1. The molecule has 4 aromatic carbocycles. The van der Waals surface area contributed by atoms with Gasteiger partial charge in [0.1, 0.15) is 12.6 Å². The minimum absolute atomic E-state index is 0.0667. The molecule has 45 heavy (non-hydrogen) atoms. The summed E-state index contributed by atoms with van der Waals surface area (Å²) in [6.45, 7) is 8.87. The molecule has 0 heterocycles. The van der Waals surface area contributed by atoms with Crippen LogP contribution in [0.3, 0.4) is 0 Å². The van der Waals surface area contributed by atoms with E-state index in [0.29, 0.717) is 16.3 Å². The molecule has 0 aliphatic heterocycles. The van der Waals surface area contributed by atoms with E-state index in [-0.39, 0.29) is 23.8 Å². The van der Waals surface area contributed by atoms with Crippen molar-refractivity contribution in [3.63, 3.8) is 0 Å². The third kappa shape index (κ3) is 8.96. The topological polar surface area (TPSA) is 86.8 Å². The number of hydrogen-bond acceptors (Lipinski definition) is 4. The van der Waals surface area contributed by atoms with Crippen molar-refractivity contribution in [1.82, 2.24) is 10.2 Å². The number of para-hydroxylation sites is 1. The summed E-state index contributed by atoms with van der Waals surface area (Å²) in [6, 6.07) is 29.2. The molecule has 0 aliphatic rings. The number of amides is 2. The molecular formula is C36H40ClN3O4S. The fourth-order valence-corrected chi connectivity index (χ4v) is 6.59. The van der Waals surface area contributed by atoms with Crippen LogP contribution in [0.15, 0.2) is 108 Å². The van der Waals surface area contributed by atoms with Gasteiger partial charge in [-0.2, -0.15) is 0 Å². The lowest BCUT2D eigenvalue weighted by molar-refractivity contribution is -0.140. The molecule has 0 aromatic heterocycles. The molecule has 1 N–H and O–H groups in total. The number of rotatable bonds is 11. The second-order valence-electron chi connectivity index (χ2n) is 12.2. The standard InChI is InChI=1S/C36H40ClN3O4S/c1-26-15-21-31(22-16-26)45(43,44)40(32-14-10-9-11-27(32)2)25-34(41)39(24-29-17-19-30(37)20-18-29)33(35(42)38-36(3,4)5)23-28-12-7-6-8-13-28/h6-22,33H,23-25H2,1-5H3,(H,38,42)/t33-/m1/s1. The predicted molar refractivity (Wildman–Crippen MR) is 181 cm³/mol. The van der Waals surface area contributed by atoms with Gasteiger partial charge in [0.15, 0.2) is 0 Å². The molecule has 0 fully saturated rings.